The Morgan fingerprint density at radius 3 is 2.77 bits per heavy atom. The molecular weight excluding hydrogens is 278 g/mol. The summed E-state index contributed by atoms with van der Waals surface area (Å²) in [6, 6.07) is 3.93. The Morgan fingerprint density at radius 2 is 2.09 bits per heavy atom. The third kappa shape index (κ3) is 4.78. The molecule has 0 unspecified atom stereocenters. The van der Waals surface area contributed by atoms with Gasteiger partial charge in [-0.25, -0.2) is 0 Å². The van der Waals surface area contributed by atoms with E-state index in [1.54, 1.807) is 0 Å². The summed E-state index contributed by atoms with van der Waals surface area (Å²) in [5, 5.41) is 12.4. The van der Waals surface area contributed by atoms with Crippen molar-refractivity contribution in [1.29, 1.82) is 0 Å². The van der Waals surface area contributed by atoms with E-state index in [-0.39, 0.29) is 12.5 Å². The summed E-state index contributed by atoms with van der Waals surface area (Å²) in [7, 11) is 0. The molecule has 1 aliphatic heterocycles. The van der Waals surface area contributed by atoms with Gasteiger partial charge in [-0.2, -0.15) is 0 Å². The largest absolute Gasteiger partial charge is 0.395 e. The predicted molar refractivity (Wildman–Crippen MR) is 87.0 cm³/mol. The summed E-state index contributed by atoms with van der Waals surface area (Å²) < 4.78 is 0. The van der Waals surface area contributed by atoms with Crippen molar-refractivity contribution in [3.05, 3.63) is 29.1 Å². The van der Waals surface area contributed by atoms with Crippen LogP contribution in [0.25, 0.3) is 0 Å². The van der Waals surface area contributed by atoms with Crippen molar-refractivity contribution in [2.45, 2.75) is 45.6 Å². The molecule has 5 heteroatoms. The number of likely N-dealkylation sites (tertiary alicyclic amines) is 1. The van der Waals surface area contributed by atoms with Crippen LogP contribution in [-0.2, 0) is 0 Å². The molecule has 1 aliphatic rings. The smallest absolute Gasteiger partial charge is 0.251 e. The first-order valence-corrected chi connectivity index (χ1v) is 8.18. The van der Waals surface area contributed by atoms with Gasteiger partial charge in [0.15, 0.2) is 0 Å². The van der Waals surface area contributed by atoms with Gasteiger partial charge in [0, 0.05) is 36.1 Å². The molecule has 1 amide bonds. The van der Waals surface area contributed by atoms with E-state index in [0.717, 1.165) is 37.3 Å². The molecule has 0 aliphatic carbocycles. The molecule has 0 spiro atoms. The number of rotatable bonds is 6. The van der Waals surface area contributed by atoms with Gasteiger partial charge in [0.05, 0.1) is 6.61 Å². The lowest BCUT2D eigenvalue weighted by Gasteiger charge is -2.34. The van der Waals surface area contributed by atoms with Crippen LogP contribution >= 0.6 is 0 Å². The van der Waals surface area contributed by atoms with Gasteiger partial charge in [-0.05, 0) is 51.8 Å². The fourth-order valence-corrected chi connectivity index (χ4v) is 3.11. The van der Waals surface area contributed by atoms with Gasteiger partial charge < -0.3 is 10.4 Å². The second-order valence-corrected chi connectivity index (χ2v) is 6.12. The van der Waals surface area contributed by atoms with Gasteiger partial charge >= 0.3 is 0 Å². The van der Waals surface area contributed by atoms with Gasteiger partial charge in [0.2, 0.25) is 0 Å². The zero-order chi connectivity index (χ0) is 15.9. The number of hydrogen-bond acceptors (Lipinski definition) is 4. The topological polar surface area (TPSA) is 65.5 Å². The molecule has 1 saturated heterocycles. The van der Waals surface area contributed by atoms with Crippen molar-refractivity contribution in [3.8, 4) is 0 Å². The summed E-state index contributed by atoms with van der Waals surface area (Å²) in [6.45, 7) is 6.68. The van der Waals surface area contributed by atoms with Crippen molar-refractivity contribution < 1.29 is 9.90 Å². The third-order valence-corrected chi connectivity index (χ3v) is 4.21. The van der Waals surface area contributed by atoms with Crippen LogP contribution in [0.4, 0.5) is 0 Å². The van der Waals surface area contributed by atoms with Crippen LogP contribution in [0.5, 0.6) is 0 Å². The van der Waals surface area contributed by atoms with E-state index in [0.29, 0.717) is 18.2 Å². The van der Waals surface area contributed by atoms with Gasteiger partial charge in [-0.3, -0.25) is 14.7 Å². The molecular formula is C17H27N3O2. The normalized spacial score (nSPS) is 19.1. The maximum Gasteiger partial charge on any atom is 0.251 e. The lowest BCUT2D eigenvalue weighted by atomic mass is 10.0. The highest BCUT2D eigenvalue weighted by molar-refractivity contribution is 5.94. The molecule has 0 saturated carbocycles. The van der Waals surface area contributed by atoms with Gasteiger partial charge in [-0.15, -0.1) is 0 Å². The van der Waals surface area contributed by atoms with Crippen LogP contribution < -0.4 is 5.32 Å². The quantitative estimate of drug-likeness (QED) is 0.785. The Morgan fingerprint density at radius 1 is 1.36 bits per heavy atom. The number of aliphatic hydroxyl groups excluding tert-OH is 1. The Labute approximate surface area is 132 Å². The van der Waals surface area contributed by atoms with Crippen molar-refractivity contribution >= 4 is 5.91 Å². The Balaban J connectivity index is 1.75. The first-order valence-electron chi connectivity index (χ1n) is 8.18. The SMILES string of the molecule is Cc1cc(C(=O)NCCCN2CCCC[C@@H]2CO)cc(C)n1. The molecule has 0 bridgehead atoms. The van der Waals surface area contributed by atoms with E-state index in [2.05, 4.69) is 15.2 Å². The molecule has 2 heterocycles. The third-order valence-electron chi connectivity index (χ3n) is 4.21. The lowest BCUT2D eigenvalue weighted by Crippen LogP contribution is -2.43. The molecule has 0 aromatic carbocycles. The molecule has 22 heavy (non-hydrogen) atoms. The van der Waals surface area contributed by atoms with E-state index in [4.69, 9.17) is 0 Å². The van der Waals surface area contributed by atoms with E-state index >= 15 is 0 Å². The summed E-state index contributed by atoms with van der Waals surface area (Å²) in [5.74, 6) is -0.0362. The maximum absolute atomic E-state index is 12.1. The number of nitrogens with one attached hydrogen (secondary N) is 1. The number of pyridine rings is 1. The zero-order valence-electron chi connectivity index (χ0n) is 13.6. The van der Waals surface area contributed by atoms with Crippen molar-refractivity contribution in [1.82, 2.24) is 15.2 Å². The van der Waals surface area contributed by atoms with Crippen molar-refractivity contribution in [3.63, 3.8) is 0 Å². The average molecular weight is 305 g/mol. The summed E-state index contributed by atoms with van der Waals surface area (Å²) >= 11 is 0. The van der Waals surface area contributed by atoms with Crippen molar-refractivity contribution in [2.75, 3.05) is 26.2 Å². The number of amides is 1. The van der Waals surface area contributed by atoms with Crippen LogP contribution in [0, 0.1) is 13.8 Å². The number of aryl methyl sites for hydroxylation is 2. The highest BCUT2D eigenvalue weighted by Crippen LogP contribution is 2.16. The lowest BCUT2D eigenvalue weighted by molar-refractivity contribution is 0.0868. The standard InChI is InChI=1S/C17H27N3O2/c1-13-10-15(11-14(2)19-13)17(22)18-7-5-9-20-8-4-3-6-16(20)12-21/h10-11,16,21H,3-9,12H2,1-2H3,(H,18,22)/t16-/m1/s1. The molecule has 122 valence electrons. The van der Waals surface area contributed by atoms with Gasteiger partial charge in [0.1, 0.15) is 0 Å². The van der Waals surface area contributed by atoms with Crippen LogP contribution in [0.3, 0.4) is 0 Å². The number of carbonyl (C=O) groups excluding carboxylic acids is 1. The minimum absolute atomic E-state index is 0.0362. The van der Waals surface area contributed by atoms with Gasteiger partial charge in [-0.1, -0.05) is 6.42 Å². The molecule has 1 aromatic rings. The van der Waals surface area contributed by atoms with E-state index in [9.17, 15) is 9.90 Å². The van der Waals surface area contributed by atoms with Crippen LogP contribution in [0.1, 0.15) is 47.4 Å². The molecule has 2 rings (SSSR count). The minimum Gasteiger partial charge on any atom is -0.395 e. The molecule has 2 N–H and O–H groups in total. The Hall–Kier alpha value is -1.46. The number of nitrogens with zero attached hydrogens (tertiary/aromatic N) is 2. The summed E-state index contributed by atoms with van der Waals surface area (Å²) in [5.41, 5.74) is 2.41. The number of hydrogen-bond donors (Lipinski definition) is 2. The highest BCUT2D eigenvalue weighted by atomic mass is 16.3. The molecule has 1 fully saturated rings. The Kier molecular flexibility index (Phi) is 6.34. The first kappa shape index (κ1) is 16.9. The van der Waals surface area contributed by atoms with Crippen molar-refractivity contribution in [2.24, 2.45) is 0 Å². The number of carbonyl (C=O) groups is 1. The minimum atomic E-state index is -0.0362. The second kappa shape index (κ2) is 8.25. The van der Waals surface area contributed by atoms with Crippen LogP contribution in [0.2, 0.25) is 0 Å². The zero-order valence-corrected chi connectivity index (χ0v) is 13.6. The molecule has 1 aromatic heterocycles. The fraction of sp³-hybridized carbons (Fsp3) is 0.647. The highest BCUT2D eigenvalue weighted by Gasteiger charge is 2.20. The van der Waals surface area contributed by atoms with Crippen LogP contribution in [-0.4, -0.2) is 53.2 Å². The van der Waals surface area contributed by atoms with Gasteiger partial charge in [0.25, 0.3) is 5.91 Å². The number of aliphatic hydroxyl groups is 1. The predicted octanol–water partition coefficient (Wildman–Crippen LogP) is 1.67. The van der Waals surface area contributed by atoms with Crippen LogP contribution in [0.15, 0.2) is 12.1 Å². The molecule has 5 nitrogen and oxygen atoms in total. The molecule has 1 atom stereocenters. The Bertz CT molecular complexity index is 484. The molecule has 0 radical (unpaired) electrons. The van der Waals surface area contributed by atoms with E-state index in [1.165, 1.54) is 12.8 Å². The van der Waals surface area contributed by atoms with E-state index in [1.807, 2.05) is 26.0 Å². The maximum atomic E-state index is 12.1. The first-order chi connectivity index (χ1) is 10.6. The summed E-state index contributed by atoms with van der Waals surface area (Å²) in [6.07, 6.45) is 4.40. The van der Waals surface area contributed by atoms with E-state index < -0.39 is 0 Å². The fourth-order valence-electron chi connectivity index (χ4n) is 3.11. The average Bonchev–Trinajstić information content (AvgIpc) is 2.50. The summed E-state index contributed by atoms with van der Waals surface area (Å²) in [4.78, 5) is 18.8. The number of piperidine rings is 1. The monoisotopic (exact) mass is 305 g/mol. The number of aromatic nitrogens is 1. The second-order valence-electron chi connectivity index (χ2n) is 6.12.